The number of benzene rings is 1. The van der Waals surface area contributed by atoms with Crippen LogP contribution in [-0.4, -0.2) is 37.6 Å². The van der Waals surface area contributed by atoms with E-state index < -0.39 is 0 Å². The number of amides is 1. The number of methoxy groups -OCH3 is 1. The molecule has 2 aromatic rings. The van der Waals surface area contributed by atoms with E-state index in [-0.39, 0.29) is 17.7 Å². The summed E-state index contributed by atoms with van der Waals surface area (Å²) in [7, 11) is 3.59. The van der Waals surface area contributed by atoms with Gasteiger partial charge in [0.05, 0.1) is 7.11 Å². The predicted octanol–water partition coefficient (Wildman–Crippen LogP) is 2.07. The SMILES string of the molecule is COc1ccc(C(=O)NCC2Cc3ccccc3CN2C)o1. The zero-order valence-corrected chi connectivity index (χ0v) is 12.8. The minimum Gasteiger partial charge on any atom is -0.468 e. The predicted molar refractivity (Wildman–Crippen MR) is 83.0 cm³/mol. The van der Waals surface area contributed by atoms with Gasteiger partial charge in [0.1, 0.15) is 0 Å². The Bertz CT molecular complexity index is 665. The van der Waals surface area contributed by atoms with Crippen molar-refractivity contribution in [3.63, 3.8) is 0 Å². The molecule has 3 rings (SSSR count). The summed E-state index contributed by atoms with van der Waals surface area (Å²) in [6.07, 6.45) is 0.939. The summed E-state index contributed by atoms with van der Waals surface area (Å²) in [5, 5.41) is 2.94. The van der Waals surface area contributed by atoms with Crippen molar-refractivity contribution < 1.29 is 13.9 Å². The van der Waals surface area contributed by atoms with E-state index in [1.807, 2.05) is 0 Å². The lowest BCUT2D eigenvalue weighted by molar-refractivity contribution is 0.0900. The molecule has 1 N–H and O–H groups in total. The molecule has 0 aliphatic carbocycles. The second-order valence-electron chi connectivity index (χ2n) is 5.57. The summed E-state index contributed by atoms with van der Waals surface area (Å²) in [4.78, 5) is 14.4. The molecule has 1 aromatic heterocycles. The van der Waals surface area contributed by atoms with Crippen molar-refractivity contribution >= 4 is 5.91 Å². The molecule has 0 spiro atoms. The molecule has 0 fully saturated rings. The normalized spacial score (nSPS) is 17.8. The summed E-state index contributed by atoms with van der Waals surface area (Å²) in [5.74, 6) is 0.403. The number of hydrogen-bond acceptors (Lipinski definition) is 4. The van der Waals surface area contributed by atoms with E-state index >= 15 is 0 Å². The summed E-state index contributed by atoms with van der Waals surface area (Å²) in [6, 6.07) is 12.0. The lowest BCUT2D eigenvalue weighted by Gasteiger charge is -2.34. The zero-order valence-electron chi connectivity index (χ0n) is 12.8. The van der Waals surface area contributed by atoms with E-state index in [1.54, 1.807) is 12.1 Å². The number of nitrogens with zero attached hydrogens (tertiary/aromatic N) is 1. The van der Waals surface area contributed by atoms with Crippen molar-refractivity contribution in [3.8, 4) is 5.95 Å². The molecule has 22 heavy (non-hydrogen) atoms. The summed E-state index contributed by atoms with van der Waals surface area (Å²) >= 11 is 0. The molecule has 1 aliphatic rings. The summed E-state index contributed by atoms with van der Waals surface area (Å²) in [6.45, 7) is 1.50. The van der Waals surface area contributed by atoms with Crippen LogP contribution in [0.5, 0.6) is 5.95 Å². The van der Waals surface area contributed by atoms with Crippen LogP contribution in [0.2, 0.25) is 0 Å². The fourth-order valence-electron chi connectivity index (χ4n) is 2.80. The van der Waals surface area contributed by atoms with Crippen LogP contribution >= 0.6 is 0 Å². The van der Waals surface area contributed by atoms with E-state index in [1.165, 1.54) is 18.2 Å². The first-order valence-electron chi connectivity index (χ1n) is 7.36. The smallest absolute Gasteiger partial charge is 0.287 e. The Kier molecular flexibility index (Phi) is 4.15. The average Bonchev–Trinajstić information content (AvgIpc) is 3.01. The molecule has 116 valence electrons. The van der Waals surface area contributed by atoms with Crippen LogP contribution in [0.15, 0.2) is 40.8 Å². The van der Waals surface area contributed by atoms with Crippen LogP contribution in [0.4, 0.5) is 0 Å². The molecule has 0 saturated carbocycles. The molecule has 1 atom stereocenters. The first-order chi connectivity index (χ1) is 10.7. The van der Waals surface area contributed by atoms with Crippen LogP contribution < -0.4 is 10.1 Å². The molecule has 5 nitrogen and oxygen atoms in total. The highest BCUT2D eigenvalue weighted by molar-refractivity contribution is 5.91. The van der Waals surface area contributed by atoms with E-state index in [0.29, 0.717) is 12.5 Å². The quantitative estimate of drug-likeness (QED) is 0.939. The monoisotopic (exact) mass is 300 g/mol. The fraction of sp³-hybridized carbons (Fsp3) is 0.353. The van der Waals surface area contributed by atoms with Gasteiger partial charge in [-0.3, -0.25) is 9.69 Å². The van der Waals surface area contributed by atoms with Crippen molar-refractivity contribution in [1.82, 2.24) is 10.2 Å². The van der Waals surface area contributed by atoms with Crippen LogP contribution in [0, 0.1) is 0 Å². The Labute approximate surface area is 129 Å². The van der Waals surface area contributed by atoms with Gasteiger partial charge in [0.2, 0.25) is 0 Å². The molecule has 2 heterocycles. The number of rotatable bonds is 4. The summed E-state index contributed by atoms with van der Waals surface area (Å²) < 4.78 is 10.2. The van der Waals surface area contributed by atoms with Gasteiger partial charge < -0.3 is 14.5 Å². The third-order valence-corrected chi connectivity index (χ3v) is 4.12. The topological polar surface area (TPSA) is 54.7 Å². The molecular formula is C17H20N2O3. The van der Waals surface area contributed by atoms with Crippen molar-refractivity contribution in [2.75, 3.05) is 20.7 Å². The second kappa shape index (κ2) is 6.23. The van der Waals surface area contributed by atoms with Gasteiger partial charge in [0, 0.05) is 25.2 Å². The van der Waals surface area contributed by atoms with Gasteiger partial charge in [0.15, 0.2) is 5.76 Å². The van der Waals surface area contributed by atoms with Gasteiger partial charge in [-0.25, -0.2) is 0 Å². The molecule has 1 aliphatic heterocycles. The minimum absolute atomic E-state index is 0.212. The maximum Gasteiger partial charge on any atom is 0.287 e. The van der Waals surface area contributed by atoms with Crippen LogP contribution in [0.1, 0.15) is 21.7 Å². The van der Waals surface area contributed by atoms with Crippen LogP contribution in [-0.2, 0) is 13.0 Å². The Morgan fingerprint density at radius 3 is 2.82 bits per heavy atom. The highest BCUT2D eigenvalue weighted by Crippen LogP contribution is 2.21. The second-order valence-corrected chi connectivity index (χ2v) is 5.57. The van der Waals surface area contributed by atoms with Crippen molar-refractivity contribution in [2.24, 2.45) is 0 Å². The van der Waals surface area contributed by atoms with Gasteiger partial charge in [-0.2, -0.15) is 0 Å². The number of carbonyl (C=O) groups is 1. The highest BCUT2D eigenvalue weighted by Gasteiger charge is 2.23. The Morgan fingerprint density at radius 2 is 2.09 bits per heavy atom. The fourth-order valence-corrected chi connectivity index (χ4v) is 2.80. The standard InChI is InChI=1S/C17H20N2O3/c1-19-11-13-6-4-3-5-12(13)9-14(19)10-18-17(20)15-7-8-16(21-2)22-15/h3-8,14H,9-11H2,1-2H3,(H,18,20). The van der Waals surface area contributed by atoms with Gasteiger partial charge >= 0.3 is 0 Å². The maximum absolute atomic E-state index is 12.1. The van der Waals surface area contributed by atoms with Crippen molar-refractivity contribution in [1.29, 1.82) is 0 Å². The number of hydrogen-bond donors (Lipinski definition) is 1. The third kappa shape index (κ3) is 2.99. The molecule has 0 bridgehead atoms. The Balaban J connectivity index is 1.60. The summed E-state index contributed by atoms with van der Waals surface area (Å²) in [5.41, 5.74) is 2.72. The lowest BCUT2D eigenvalue weighted by Crippen LogP contribution is -2.45. The van der Waals surface area contributed by atoms with Crippen molar-refractivity contribution in [3.05, 3.63) is 53.3 Å². The molecule has 1 amide bonds. The van der Waals surface area contributed by atoms with Gasteiger partial charge in [-0.1, -0.05) is 24.3 Å². The number of likely N-dealkylation sites (N-methyl/N-ethyl adjacent to an activating group) is 1. The van der Waals surface area contributed by atoms with E-state index in [9.17, 15) is 4.79 Å². The number of nitrogens with one attached hydrogen (secondary N) is 1. The van der Waals surface area contributed by atoms with Crippen LogP contribution in [0.25, 0.3) is 0 Å². The van der Waals surface area contributed by atoms with Crippen LogP contribution in [0.3, 0.4) is 0 Å². The third-order valence-electron chi connectivity index (χ3n) is 4.12. The Morgan fingerprint density at radius 1 is 1.32 bits per heavy atom. The van der Waals surface area contributed by atoms with E-state index in [0.717, 1.165) is 13.0 Å². The first-order valence-corrected chi connectivity index (χ1v) is 7.36. The molecule has 0 saturated heterocycles. The molecular weight excluding hydrogens is 280 g/mol. The van der Waals surface area contributed by atoms with Crippen molar-refractivity contribution in [2.45, 2.75) is 19.0 Å². The average molecular weight is 300 g/mol. The Hall–Kier alpha value is -2.27. The largest absolute Gasteiger partial charge is 0.468 e. The number of furan rings is 1. The highest BCUT2D eigenvalue weighted by atomic mass is 16.6. The molecule has 5 heteroatoms. The molecule has 1 unspecified atom stereocenters. The van der Waals surface area contributed by atoms with E-state index in [4.69, 9.17) is 9.15 Å². The lowest BCUT2D eigenvalue weighted by atomic mass is 9.94. The minimum atomic E-state index is -0.212. The molecule has 0 radical (unpaired) electrons. The molecule has 1 aromatic carbocycles. The maximum atomic E-state index is 12.1. The van der Waals surface area contributed by atoms with Gasteiger partial charge in [-0.15, -0.1) is 0 Å². The number of ether oxygens (including phenoxy) is 1. The number of fused-ring (bicyclic) bond motifs is 1. The zero-order chi connectivity index (χ0) is 15.5. The van der Waals surface area contributed by atoms with Gasteiger partial charge in [0.25, 0.3) is 11.9 Å². The number of carbonyl (C=O) groups excluding carboxylic acids is 1. The van der Waals surface area contributed by atoms with E-state index in [2.05, 4.69) is 41.5 Å². The van der Waals surface area contributed by atoms with Gasteiger partial charge in [-0.05, 0) is 30.7 Å². The first kappa shape index (κ1) is 14.7.